The predicted molar refractivity (Wildman–Crippen MR) is 52.9 cm³/mol. The van der Waals surface area contributed by atoms with E-state index < -0.39 is 5.82 Å². The molecule has 0 saturated heterocycles. The standard InChI is InChI=1S/C10H9FN2O2/c1-14-9-6(3-2-4-8(9)11)7-5-13-15-10(7)12/h2-5H,12H2,1H3. The molecule has 0 bridgehead atoms. The van der Waals surface area contributed by atoms with Crippen molar-refractivity contribution in [2.75, 3.05) is 12.8 Å². The number of anilines is 1. The number of para-hydroxylation sites is 1. The van der Waals surface area contributed by atoms with Crippen LogP contribution in [-0.2, 0) is 0 Å². The summed E-state index contributed by atoms with van der Waals surface area (Å²) in [7, 11) is 1.39. The second-order valence-corrected chi connectivity index (χ2v) is 2.92. The Hall–Kier alpha value is -2.04. The molecule has 0 amide bonds. The van der Waals surface area contributed by atoms with E-state index in [2.05, 4.69) is 5.16 Å². The Morgan fingerprint density at radius 2 is 2.20 bits per heavy atom. The van der Waals surface area contributed by atoms with E-state index in [0.29, 0.717) is 11.1 Å². The van der Waals surface area contributed by atoms with Crippen LogP contribution in [0.4, 0.5) is 10.3 Å². The highest BCUT2D eigenvalue weighted by molar-refractivity contribution is 5.77. The van der Waals surface area contributed by atoms with Crippen LogP contribution in [0.15, 0.2) is 28.9 Å². The van der Waals surface area contributed by atoms with Gasteiger partial charge < -0.3 is 15.0 Å². The SMILES string of the molecule is COc1c(F)cccc1-c1cnoc1N. The van der Waals surface area contributed by atoms with Crippen LogP contribution in [0.3, 0.4) is 0 Å². The van der Waals surface area contributed by atoms with Gasteiger partial charge >= 0.3 is 0 Å². The number of methoxy groups -OCH3 is 1. The molecule has 0 spiro atoms. The molecule has 15 heavy (non-hydrogen) atoms. The number of halogens is 1. The highest BCUT2D eigenvalue weighted by Crippen LogP contribution is 2.34. The second-order valence-electron chi connectivity index (χ2n) is 2.92. The van der Waals surface area contributed by atoms with Crippen molar-refractivity contribution >= 4 is 5.88 Å². The lowest BCUT2D eigenvalue weighted by molar-refractivity contribution is 0.388. The maximum absolute atomic E-state index is 13.4. The monoisotopic (exact) mass is 208 g/mol. The van der Waals surface area contributed by atoms with Gasteiger partial charge in [0.1, 0.15) is 0 Å². The van der Waals surface area contributed by atoms with Crippen molar-refractivity contribution in [1.82, 2.24) is 5.16 Å². The van der Waals surface area contributed by atoms with Gasteiger partial charge in [-0.25, -0.2) is 4.39 Å². The molecule has 0 fully saturated rings. The summed E-state index contributed by atoms with van der Waals surface area (Å²) < 4.78 is 23.0. The van der Waals surface area contributed by atoms with Gasteiger partial charge in [0, 0.05) is 5.56 Å². The number of aromatic nitrogens is 1. The molecule has 5 heteroatoms. The first kappa shape index (κ1) is 9.51. The number of nitrogens with two attached hydrogens (primary N) is 1. The van der Waals surface area contributed by atoms with Crippen LogP contribution in [0.5, 0.6) is 5.75 Å². The van der Waals surface area contributed by atoms with Crippen molar-refractivity contribution < 1.29 is 13.7 Å². The number of rotatable bonds is 2. The van der Waals surface area contributed by atoms with Crippen LogP contribution in [-0.4, -0.2) is 12.3 Å². The fourth-order valence-corrected chi connectivity index (χ4v) is 1.38. The lowest BCUT2D eigenvalue weighted by atomic mass is 10.1. The summed E-state index contributed by atoms with van der Waals surface area (Å²) in [4.78, 5) is 0. The summed E-state index contributed by atoms with van der Waals surface area (Å²) in [5.74, 6) is -0.179. The maximum atomic E-state index is 13.4. The van der Waals surface area contributed by atoms with E-state index in [1.165, 1.54) is 19.4 Å². The Kier molecular flexibility index (Phi) is 2.29. The van der Waals surface area contributed by atoms with Crippen molar-refractivity contribution in [2.45, 2.75) is 0 Å². The molecule has 0 unspecified atom stereocenters. The number of benzene rings is 1. The molecule has 2 rings (SSSR count). The molecule has 0 aliphatic rings. The molecule has 1 heterocycles. The average molecular weight is 208 g/mol. The normalized spacial score (nSPS) is 10.3. The topological polar surface area (TPSA) is 61.3 Å². The van der Waals surface area contributed by atoms with E-state index in [4.69, 9.17) is 15.0 Å². The fourth-order valence-electron chi connectivity index (χ4n) is 1.38. The van der Waals surface area contributed by atoms with Gasteiger partial charge in [-0.1, -0.05) is 17.3 Å². The summed E-state index contributed by atoms with van der Waals surface area (Å²) in [6.07, 6.45) is 1.42. The lowest BCUT2D eigenvalue weighted by Gasteiger charge is -2.07. The molecule has 2 aromatic rings. The van der Waals surface area contributed by atoms with Crippen molar-refractivity contribution in [1.29, 1.82) is 0 Å². The van der Waals surface area contributed by atoms with E-state index in [0.717, 1.165) is 0 Å². The van der Waals surface area contributed by atoms with Crippen LogP contribution in [0.2, 0.25) is 0 Å². The third-order valence-corrected chi connectivity index (χ3v) is 2.06. The summed E-state index contributed by atoms with van der Waals surface area (Å²) in [6.45, 7) is 0. The maximum Gasteiger partial charge on any atom is 0.230 e. The smallest absolute Gasteiger partial charge is 0.230 e. The van der Waals surface area contributed by atoms with Gasteiger partial charge in [0.05, 0.1) is 18.9 Å². The van der Waals surface area contributed by atoms with Crippen LogP contribution in [0, 0.1) is 5.82 Å². The zero-order chi connectivity index (χ0) is 10.8. The summed E-state index contributed by atoms with van der Waals surface area (Å²) in [6, 6.07) is 4.57. The highest BCUT2D eigenvalue weighted by Gasteiger charge is 2.15. The van der Waals surface area contributed by atoms with E-state index in [1.54, 1.807) is 12.1 Å². The zero-order valence-electron chi connectivity index (χ0n) is 8.03. The molecular formula is C10H9FN2O2. The fraction of sp³-hybridized carbons (Fsp3) is 0.100. The molecule has 0 aliphatic carbocycles. The van der Waals surface area contributed by atoms with Gasteiger partial charge in [-0.05, 0) is 6.07 Å². The van der Waals surface area contributed by atoms with Crippen molar-refractivity contribution in [2.24, 2.45) is 0 Å². The molecule has 0 atom stereocenters. The van der Waals surface area contributed by atoms with E-state index in [-0.39, 0.29) is 11.6 Å². The van der Waals surface area contributed by atoms with E-state index in [1.807, 2.05) is 0 Å². The first-order chi connectivity index (χ1) is 7.24. The second kappa shape index (κ2) is 3.61. The van der Waals surface area contributed by atoms with E-state index >= 15 is 0 Å². The Morgan fingerprint density at radius 1 is 1.40 bits per heavy atom. The van der Waals surface area contributed by atoms with Gasteiger partial charge in [0.15, 0.2) is 11.6 Å². The Morgan fingerprint density at radius 3 is 2.80 bits per heavy atom. The van der Waals surface area contributed by atoms with Gasteiger partial charge in [-0.3, -0.25) is 0 Å². The third kappa shape index (κ3) is 1.52. The minimum Gasteiger partial charge on any atom is -0.493 e. The number of nitrogen functional groups attached to an aromatic ring is 1. The zero-order valence-corrected chi connectivity index (χ0v) is 8.03. The molecule has 1 aromatic carbocycles. The van der Waals surface area contributed by atoms with Crippen molar-refractivity contribution in [3.63, 3.8) is 0 Å². The highest BCUT2D eigenvalue weighted by atomic mass is 19.1. The first-order valence-corrected chi connectivity index (χ1v) is 4.27. The molecule has 78 valence electrons. The van der Waals surface area contributed by atoms with Crippen LogP contribution >= 0.6 is 0 Å². The number of hydrogen-bond acceptors (Lipinski definition) is 4. The lowest BCUT2D eigenvalue weighted by Crippen LogP contribution is -1.93. The average Bonchev–Trinajstić information content (AvgIpc) is 2.64. The van der Waals surface area contributed by atoms with Gasteiger partial charge in [-0.2, -0.15) is 0 Å². The molecule has 2 N–H and O–H groups in total. The Balaban J connectivity index is 2.63. The quantitative estimate of drug-likeness (QED) is 0.820. The third-order valence-electron chi connectivity index (χ3n) is 2.06. The molecule has 0 aliphatic heterocycles. The van der Waals surface area contributed by atoms with Crippen molar-refractivity contribution in [3.8, 4) is 16.9 Å². The molecule has 1 aromatic heterocycles. The Bertz CT molecular complexity index is 482. The molecule has 0 radical (unpaired) electrons. The van der Waals surface area contributed by atoms with Gasteiger partial charge in [0.25, 0.3) is 0 Å². The van der Waals surface area contributed by atoms with E-state index in [9.17, 15) is 4.39 Å². The van der Waals surface area contributed by atoms with Crippen LogP contribution < -0.4 is 10.5 Å². The van der Waals surface area contributed by atoms with Gasteiger partial charge in [-0.15, -0.1) is 0 Å². The van der Waals surface area contributed by atoms with Gasteiger partial charge in [0.2, 0.25) is 5.88 Å². The van der Waals surface area contributed by atoms with Crippen LogP contribution in [0.1, 0.15) is 0 Å². The van der Waals surface area contributed by atoms with Crippen molar-refractivity contribution in [3.05, 3.63) is 30.2 Å². The summed E-state index contributed by atoms with van der Waals surface area (Å²) in [5, 5.41) is 3.53. The summed E-state index contributed by atoms with van der Waals surface area (Å²) >= 11 is 0. The minimum absolute atomic E-state index is 0.132. The number of nitrogens with zero attached hydrogens (tertiary/aromatic N) is 1. The Labute approximate surface area is 85.4 Å². The molecule has 0 saturated carbocycles. The number of hydrogen-bond donors (Lipinski definition) is 1. The first-order valence-electron chi connectivity index (χ1n) is 4.27. The summed E-state index contributed by atoms with van der Waals surface area (Å²) in [5.41, 5.74) is 6.58. The van der Waals surface area contributed by atoms with Crippen LogP contribution in [0.25, 0.3) is 11.1 Å². The molecular weight excluding hydrogens is 199 g/mol. The largest absolute Gasteiger partial charge is 0.493 e. The molecule has 4 nitrogen and oxygen atoms in total. The minimum atomic E-state index is -0.449. The predicted octanol–water partition coefficient (Wildman–Crippen LogP) is 2.07. The number of ether oxygens (including phenoxy) is 1.